The van der Waals surface area contributed by atoms with Gasteiger partial charge in [-0.15, -0.1) is 17.0 Å². The Morgan fingerprint density at radius 1 is 1.16 bits per heavy atom. The van der Waals surface area contributed by atoms with Crippen LogP contribution in [0.5, 0.6) is 11.5 Å². The number of rotatable bonds is 16. The van der Waals surface area contributed by atoms with E-state index >= 15 is 0 Å². The number of Topliss-reactive ketones (excluding diaryl/α,β-unsaturated/α-hetero) is 1. The minimum atomic E-state index is -0.912. The summed E-state index contributed by atoms with van der Waals surface area (Å²) >= 11 is 0. The number of amides is 1. The second kappa shape index (κ2) is 16.5. The number of nitrogens with one attached hydrogen (secondary N) is 2. The number of nitrogens with zero attached hydrogens (tertiary/aromatic N) is 3. The van der Waals surface area contributed by atoms with Crippen molar-refractivity contribution in [1.29, 1.82) is 5.41 Å². The van der Waals surface area contributed by atoms with Crippen LogP contribution < -0.4 is 19.7 Å². The first-order valence-electron chi connectivity index (χ1n) is 14.9. The molecule has 1 aliphatic rings. The number of aromatic nitrogens is 1. The first-order valence-corrected chi connectivity index (χ1v) is 14.9. The van der Waals surface area contributed by atoms with Gasteiger partial charge in [0.15, 0.2) is 17.2 Å². The molecule has 0 fully saturated rings. The third-order valence-corrected chi connectivity index (χ3v) is 7.17. The van der Waals surface area contributed by atoms with Crippen molar-refractivity contribution in [3.63, 3.8) is 0 Å². The molecule has 2 heterocycles. The van der Waals surface area contributed by atoms with Crippen molar-refractivity contribution >= 4 is 46.2 Å². The molecule has 0 radical (unpaired) electrons. The number of benzene rings is 1. The molecular formula is C32H45BrFN5O6. The predicted octanol–water partition coefficient (Wildman–Crippen LogP) is 5.17. The average molecular weight is 695 g/mol. The maximum atomic E-state index is 13.8. The average Bonchev–Trinajstić information content (AvgIpc) is 3.26. The van der Waals surface area contributed by atoms with Crippen molar-refractivity contribution in [3.05, 3.63) is 46.3 Å². The highest BCUT2D eigenvalue weighted by Crippen LogP contribution is 2.40. The highest BCUT2D eigenvalue weighted by molar-refractivity contribution is 8.93. The number of ketones is 1. The van der Waals surface area contributed by atoms with Crippen LogP contribution in [0.15, 0.2) is 18.2 Å². The zero-order valence-corrected chi connectivity index (χ0v) is 28.6. The fourth-order valence-electron chi connectivity index (χ4n) is 4.95. The van der Waals surface area contributed by atoms with E-state index in [1.54, 1.807) is 37.1 Å². The number of carbonyl (C=O) groups is 3. The molecule has 0 aliphatic carbocycles. The molecule has 0 spiro atoms. The number of alkyl halides is 1. The standard InChI is InChI=1S/C32H44FN5O6.BrH/c1-7-35-31(42)28-25(43-8-2)17-21-18-38(30(34)27(21)36-28)19-24(39)20-15-22(32(3,4)5)29(44-14-9-11-26(40)41)23(16-20)37(6)13-10-12-33;/h15-17,34H,7-14,18-19H2,1-6H3,(H,35,42)(H,40,41);1H. The summed E-state index contributed by atoms with van der Waals surface area (Å²) < 4.78 is 24.9. The minimum absolute atomic E-state index is 0. The Labute approximate surface area is 274 Å². The predicted molar refractivity (Wildman–Crippen MR) is 177 cm³/mol. The SMILES string of the molecule is Br.CCNC(=O)c1nc2c(cc1OCC)CN(CC(=O)c1cc(N(C)CCCF)c(OCCCC(=O)O)c(C(C)(C)C)c1)C2=N. The lowest BCUT2D eigenvalue weighted by molar-refractivity contribution is -0.137. The van der Waals surface area contributed by atoms with Gasteiger partial charge in [0.05, 0.1) is 32.1 Å². The van der Waals surface area contributed by atoms with E-state index in [9.17, 15) is 18.8 Å². The van der Waals surface area contributed by atoms with Gasteiger partial charge in [0.1, 0.15) is 17.3 Å². The Hall–Kier alpha value is -3.74. The molecule has 1 aliphatic heterocycles. The number of fused-ring (bicyclic) bond motifs is 1. The van der Waals surface area contributed by atoms with Crippen molar-refractivity contribution in [1.82, 2.24) is 15.2 Å². The van der Waals surface area contributed by atoms with E-state index in [1.807, 2.05) is 32.6 Å². The maximum absolute atomic E-state index is 13.8. The van der Waals surface area contributed by atoms with Crippen LogP contribution in [0.25, 0.3) is 0 Å². The van der Waals surface area contributed by atoms with Crippen molar-refractivity contribution in [2.75, 3.05) is 51.5 Å². The number of hydrogen-bond acceptors (Lipinski definition) is 8. The molecule has 11 nitrogen and oxygen atoms in total. The van der Waals surface area contributed by atoms with Crippen LogP contribution in [0.2, 0.25) is 0 Å². The summed E-state index contributed by atoms with van der Waals surface area (Å²) in [4.78, 5) is 45.4. The van der Waals surface area contributed by atoms with E-state index in [2.05, 4.69) is 10.3 Å². The molecule has 0 saturated carbocycles. The summed E-state index contributed by atoms with van der Waals surface area (Å²) in [6.45, 7) is 10.5. The van der Waals surface area contributed by atoms with Crippen molar-refractivity contribution < 1.29 is 33.4 Å². The molecule has 3 N–H and O–H groups in total. The number of halogens is 2. The van der Waals surface area contributed by atoms with Gasteiger partial charge in [-0.05, 0) is 50.3 Å². The Morgan fingerprint density at radius 3 is 2.47 bits per heavy atom. The Morgan fingerprint density at radius 2 is 1.87 bits per heavy atom. The van der Waals surface area contributed by atoms with Gasteiger partial charge in [-0.1, -0.05) is 20.8 Å². The highest BCUT2D eigenvalue weighted by Gasteiger charge is 2.32. The molecule has 1 aromatic carbocycles. The number of carbonyl (C=O) groups excluding carboxylic acids is 2. The lowest BCUT2D eigenvalue weighted by Crippen LogP contribution is -2.31. The van der Waals surface area contributed by atoms with Gasteiger partial charge in [0, 0.05) is 49.8 Å². The highest BCUT2D eigenvalue weighted by atomic mass is 79.9. The fraction of sp³-hybridized carbons (Fsp3) is 0.531. The van der Waals surface area contributed by atoms with Crippen LogP contribution in [0, 0.1) is 5.41 Å². The first kappa shape index (κ1) is 37.4. The second-order valence-corrected chi connectivity index (χ2v) is 11.7. The minimum Gasteiger partial charge on any atom is -0.491 e. The van der Waals surface area contributed by atoms with Crippen LogP contribution in [0.3, 0.4) is 0 Å². The molecule has 2 aromatic rings. The smallest absolute Gasteiger partial charge is 0.303 e. The van der Waals surface area contributed by atoms with Gasteiger partial charge >= 0.3 is 5.97 Å². The maximum Gasteiger partial charge on any atom is 0.303 e. The van der Waals surface area contributed by atoms with Crippen LogP contribution >= 0.6 is 17.0 Å². The lowest BCUT2D eigenvalue weighted by atomic mass is 9.84. The topological polar surface area (TPSA) is 145 Å². The third kappa shape index (κ3) is 9.38. The molecular weight excluding hydrogens is 649 g/mol. The summed E-state index contributed by atoms with van der Waals surface area (Å²) in [5.41, 5.74) is 2.44. The molecule has 13 heteroatoms. The van der Waals surface area contributed by atoms with Gasteiger partial charge in [0.25, 0.3) is 5.91 Å². The number of aliphatic carboxylic acids is 1. The van der Waals surface area contributed by atoms with Crippen molar-refractivity contribution in [2.24, 2.45) is 0 Å². The van der Waals surface area contributed by atoms with E-state index in [0.717, 1.165) is 5.56 Å². The van der Waals surface area contributed by atoms with Gasteiger partial charge in [0.2, 0.25) is 0 Å². The number of hydrogen-bond donors (Lipinski definition) is 3. The fourth-order valence-corrected chi connectivity index (χ4v) is 4.95. The van der Waals surface area contributed by atoms with Gasteiger partial charge < -0.3 is 29.7 Å². The number of ether oxygens (including phenoxy) is 2. The largest absolute Gasteiger partial charge is 0.491 e. The number of carboxylic acid groups (broad SMARTS) is 1. The Bertz CT molecular complexity index is 1400. The number of anilines is 1. The van der Waals surface area contributed by atoms with Crippen LogP contribution in [-0.4, -0.2) is 85.1 Å². The van der Waals surface area contributed by atoms with Crippen molar-refractivity contribution in [2.45, 2.75) is 65.8 Å². The number of pyridine rings is 1. The van der Waals surface area contributed by atoms with Gasteiger partial charge in [-0.2, -0.15) is 0 Å². The van der Waals surface area contributed by atoms with Crippen LogP contribution in [-0.2, 0) is 16.8 Å². The monoisotopic (exact) mass is 693 g/mol. The lowest BCUT2D eigenvalue weighted by Gasteiger charge is -2.30. The Balaban J connectivity index is 0.00000705. The molecule has 248 valence electrons. The molecule has 0 unspecified atom stereocenters. The summed E-state index contributed by atoms with van der Waals surface area (Å²) in [6, 6.07) is 5.21. The molecule has 0 atom stereocenters. The zero-order chi connectivity index (χ0) is 32.6. The molecule has 0 bridgehead atoms. The summed E-state index contributed by atoms with van der Waals surface area (Å²) in [7, 11) is 1.80. The number of amidine groups is 1. The van der Waals surface area contributed by atoms with Gasteiger partial charge in [-0.3, -0.25) is 24.2 Å². The molecule has 45 heavy (non-hydrogen) atoms. The van der Waals surface area contributed by atoms with Crippen LogP contribution in [0.1, 0.15) is 91.5 Å². The summed E-state index contributed by atoms with van der Waals surface area (Å²) in [6.07, 6.45) is 0.562. The van der Waals surface area contributed by atoms with Gasteiger partial charge in [-0.25, -0.2) is 4.98 Å². The number of carboxylic acids is 1. The molecule has 0 saturated heterocycles. The first-order chi connectivity index (χ1) is 20.8. The van der Waals surface area contributed by atoms with E-state index in [-0.39, 0.29) is 66.8 Å². The molecule has 3 rings (SSSR count). The molecule has 1 amide bonds. The van der Waals surface area contributed by atoms with E-state index < -0.39 is 24.0 Å². The van der Waals surface area contributed by atoms with E-state index in [4.69, 9.17) is 20.0 Å². The quantitative estimate of drug-likeness (QED) is 0.160. The molecule has 1 aromatic heterocycles. The second-order valence-electron chi connectivity index (χ2n) is 11.7. The summed E-state index contributed by atoms with van der Waals surface area (Å²) in [5.74, 6) is -0.646. The van der Waals surface area contributed by atoms with Crippen molar-refractivity contribution in [3.8, 4) is 11.5 Å². The Kier molecular flexibility index (Phi) is 13.8. The van der Waals surface area contributed by atoms with Crippen LogP contribution in [0.4, 0.5) is 10.1 Å². The normalized spacial score (nSPS) is 12.3. The summed E-state index contributed by atoms with van der Waals surface area (Å²) in [5, 5.41) is 20.5. The van der Waals surface area contributed by atoms with E-state index in [1.165, 1.54) is 0 Å². The van der Waals surface area contributed by atoms with E-state index in [0.29, 0.717) is 60.1 Å². The zero-order valence-electron chi connectivity index (χ0n) is 26.9. The third-order valence-electron chi connectivity index (χ3n) is 7.17.